The predicted molar refractivity (Wildman–Crippen MR) is 96.4 cm³/mol. The van der Waals surface area contributed by atoms with E-state index >= 15 is 0 Å². The van der Waals surface area contributed by atoms with Gasteiger partial charge in [-0.2, -0.15) is 0 Å². The van der Waals surface area contributed by atoms with Crippen LogP contribution in [0.15, 0.2) is 60.7 Å². The Hall–Kier alpha value is -2.62. The maximum Gasteiger partial charge on any atom is 0.314 e. The molecule has 0 amide bonds. The van der Waals surface area contributed by atoms with Crippen LogP contribution in [0.1, 0.15) is 39.0 Å². The normalized spacial score (nSPS) is 11.6. The summed E-state index contributed by atoms with van der Waals surface area (Å²) in [5, 5.41) is 0. The number of esters is 2. The van der Waals surface area contributed by atoms with Crippen molar-refractivity contribution in [3.05, 3.63) is 60.7 Å². The first-order valence-corrected chi connectivity index (χ1v) is 8.71. The van der Waals surface area contributed by atoms with Gasteiger partial charge >= 0.3 is 11.9 Å². The molecule has 4 heteroatoms. The standard InChI is InChI=1S/C21H24O4/c1-2-10-17(21(23)25-19-14-7-4-8-15-19)11-9-16-20(22)24-18-12-5-3-6-13-18/h3-8,12-15,17H,2,9-11,16H2,1H3. The van der Waals surface area contributed by atoms with E-state index in [1.165, 1.54) is 0 Å². The first-order chi connectivity index (χ1) is 12.2. The molecule has 0 N–H and O–H groups in total. The van der Waals surface area contributed by atoms with Gasteiger partial charge in [0.15, 0.2) is 0 Å². The molecule has 25 heavy (non-hydrogen) atoms. The molecule has 0 fully saturated rings. The van der Waals surface area contributed by atoms with Crippen molar-refractivity contribution in [2.75, 3.05) is 0 Å². The van der Waals surface area contributed by atoms with E-state index in [0.717, 1.165) is 12.8 Å². The number of carbonyl (C=O) groups excluding carboxylic acids is 2. The zero-order chi connectivity index (χ0) is 17.9. The van der Waals surface area contributed by atoms with E-state index in [1.807, 2.05) is 43.3 Å². The van der Waals surface area contributed by atoms with Crippen LogP contribution in [0.4, 0.5) is 0 Å². The molecule has 0 radical (unpaired) electrons. The SMILES string of the molecule is CCCC(CCCC(=O)Oc1ccccc1)C(=O)Oc1ccccc1. The van der Waals surface area contributed by atoms with Crippen molar-refractivity contribution < 1.29 is 19.1 Å². The van der Waals surface area contributed by atoms with Crippen LogP contribution in [-0.4, -0.2) is 11.9 Å². The highest BCUT2D eigenvalue weighted by Crippen LogP contribution is 2.20. The number of rotatable bonds is 9. The van der Waals surface area contributed by atoms with Gasteiger partial charge in [-0.05, 0) is 43.5 Å². The van der Waals surface area contributed by atoms with Gasteiger partial charge in [0.05, 0.1) is 5.92 Å². The summed E-state index contributed by atoms with van der Waals surface area (Å²) < 4.78 is 10.7. The maximum atomic E-state index is 12.3. The molecule has 0 aliphatic rings. The Kier molecular flexibility index (Phi) is 7.70. The lowest BCUT2D eigenvalue weighted by Gasteiger charge is -2.15. The second-order valence-electron chi connectivity index (χ2n) is 5.90. The zero-order valence-corrected chi connectivity index (χ0v) is 14.5. The van der Waals surface area contributed by atoms with Gasteiger partial charge in [-0.15, -0.1) is 0 Å². The van der Waals surface area contributed by atoms with Gasteiger partial charge in [-0.1, -0.05) is 49.7 Å². The van der Waals surface area contributed by atoms with Crippen molar-refractivity contribution in [2.45, 2.75) is 39.0 Å². The minimum atomic E-state index is -0.280. The number of hydrogen-bond acceptors (Lipinski definition) is 4. The quantitative estimate of drug-likeness (QED) is 0.487. The van der Waals surface area contributed by atoms with Crippen molar-refractivity contribution in [1.82, 2.24) is 0 Å². The molecule has 2 rings (SSSR count). The fourth-order valence-electron chi connectivity index (χ4n) is 2.58. The summed E-state index contributed by atoms with van der Waals surface area (Å²) in [6.45, 7) is 2.03. The number of ether oxygens (including phenoxy) is 2. The molecule has 0 aliphatic carbocycles. The van der Waals surface area contributed by atoms with Gasteiger partial charge in [-0.3, -0.25) is 9.59 Å². The molecule has 0 heterocycles. The first-order valence-electron chi connectivity index (χ1n) is 8.71. The Bertz CT molecular complexity index is 652. The molecule has 0 aliphatic heterocycles. The van der Waals surface area contributed by atoms with Crippen LogP contribution in [0.2, 0.25) is 0 Å². The van der Waals surface area contributed by atoms with Crippen LogP contribution >= 0.6 is 0 Å². The highest BCUT2D eigenvalue weighted by molar-refractivity contribution is 5.75. The molecule has 1 atom stereocenters. The lowest BCUT2D eigenvalue weighted by atomic mass is 9.97. The number of benzene rings is 2. The smallest absolute Gasteiger partial charge is 0.314 e. The van der Waals surface area contributed by atoms with Gasteiger partial charge in [-0.25, -0.2) is 0 Å². The minimum absolute atomic E-state index is 0.199. The fraction of sp³-hybridized carbons (Fsp3) is 0.333. The summed E-state index contributed by atoms with van der Waals surface area (Å²) in [4.78, 5) is 24.2. The number of carbonyl (C=O) groups is 2. The van der Waals surface area contributed by atoms with Crippen LogP contribution in [0.5, 0.6) is 11.5 Å². The van der Waals surface area contributed by atoms with Gasteiger partial charge in [0, 0.05) is 6.42 Å². The van der Waals surface area contributed by atoms with Crippen molar-refractivity contribution in [3.8, 4) is 11.5 Å². The van der Waals surface area contributed by atoms with E-state index in [9.17, 15) is 9.59 Å². The first kappa shape index (κ1) is 18.7. The second-order valence-corrected chi connectivity index (χ2v) is 5.90. The van der Waals surface area contributed by atoms with Crippen molar-refractivity contribution in [3.63, 3.8) is 0 Å². The Morgan fingerprint density at radius 3 is 1.96 bits per heavy atom. The molecule has 0 saturated carbocycles. The monoisotopic (exact) mass is 340 g/mol. The Labute approximate surface area is 148 Å². The Morgan fingerprint density at radius 2 is 1.40 bits per heavy atom. The van der Waals surface area contributed by atoms with Crippen LogP contribution in [-0.2, 0) is 9.59 Å². The fourth-order valence-corrected chi connectivity index (χ4v) is 2.58. The van der Waals surface area contributed by atoms with E-state index in [0.29, 0.717) is 24.3 Å². The summed E-state index contributed by atoms with van der Waals surface area (Å²) in [6.07, 6.45) is 3.14. The van der Waals surface area contributed by atoms with Crippen LogP contribution in [0.3, 0.4) is 0 Å². The van der Waals surface area contributed by atoms with Crippen LogP contribution < -0.4 is 9.47 Å². The molecule has 1 unspecified atom stereocenters. The minimum Gasteiger partial charge on any atom is -0.427 e. The van der Waals surface area contributed by atoms with Crippen molar-refractivity contribution in [1.29, 1.82) is 0 Å². The van der Waals surface area contributed by atoms with E-state index < -0.39 is 0 Å². The molecule has 0 bridgehead atoms. The number of para-hydroxylation sites is 2. The molecular formula is C21H24O4. The van der Waals surface area contributed by atoms with Gasteiger partial charge in [0.25, 0.3) is 0 Å². The van der Waals surface area contributed by atoms with Gasteiger partial charge < -0.3 is 9.47 Å². The Balaban J connectivity index is 1.78. The van der Waals surface area contributed by atoms with E-state index in [1.54, 1.807) is 24.3 Å². The largest absolute Gasteiger partial charge is 0.427 e. The number of hydrogen-bond donors (Lipinski definition) is 0. The molecule has 2 aromatic rings. The molecular weight excluding hydrogens is 316 g/mol. The predicted octanol–water partition coefficient (Wildman–Crippen LogP) is 4.78. The lowest BCUT2D eigenvalue weighted by Crippen LogP contribution is -2.21. The molecule has 132 valence electrons. The van der Waals surface area contributed by atoms with E-state index in [4.69, 9.17) is 9.47 Å². The topological polar surface area (TPSA) is 52.6 Å². The molecule has 4 nitrogen and oxygen atoms in total. The van der Waals surface area contributed by atoms with Gasteiger partial charge in [0.1, 0.15) is 11.5 Å². The second kappa shape index (κ2) is 10.3. The third kappa shape index (κ3) is 6.79. The molecule has 0 saturated heterocycles. The van der Waals surface area contributed by atoms with Crippen molar-refractivity contribution >= 4 is 11.9 Å². The summed E-state index contributed by atoms with van der Waals surface area (Å²) >= 11 is 0. The average molecular weight is 340 g/mol. The van der Waals surface area contributed by atoms with Gasteiger partial charge in [0.2, 0.25) is 0 Å². The molecule has 0 spiro atoms. The third-order valence-electron chi connectivity index (χ3n) is 3.84. The average Bonchev–Trinajstić information content (AvgIpc) is 2.62. The summed E-state index contributed by atoms with van der Waals surface area (Å²) in [6, 6.07) is 18.1. The van der Waals surface area contributed by atoms with E-state index in [-0.39, 0.29) is 24.3 Å². The third-order valence-corrected chi connectivity index (χ3v) is 3.84. The maximum absolute atomic E-state index is 12.3. The summed E-state index contributed by atoms with van der Waals surface area (Å²) in [5.41, 5.74) is 0. The van der Waals surface area contributed by atoms with E-state index in [2.05, 4.69) is 0 Å². The summed E-state index contributed by atoms with van der Waals surface area (Å²) in [7, 11) is 0. The summed E-state index contributed by atoms with van der Waals surface area (Å²) in [5.74, 6) is 0.385. The van der Waals surface area contributed by atoms with Crippen molar-refractivity contribution in [2.24, 2.45) is 5.92 Å². The highest BCUT2D eigenvalue weighted by Gasteiger charge is 2.20. The highest BCUT2D eigenvalue weighted by atomic mass is 16.5. The zero-order valence-electron chi connectivity index (χ0n) is 14.5. The Morgan fingerprint density at radius 1 is 0.840 bits per heavy atom. The lowest BCUT2D eigenvalue weighted by molar-refractivity contribution is -0.140. The molecule has 2 aromatic carbocycles. The van der Waals surface area contributed by atoms with Crippen LogP contribution in [0.25, 0.3) is 0 Å². The molecule has 0 aromatic heterocycles. The van der Waals surface area contributed by atoms with Crippen LogP contribution in [0, 0.1) is 5.92 Å².